The van der Waals surface area contributed by atoms with E-state index < -0.39 is 0 Å². The maximum atomic E-state index is 6.12. The van der Waals surface area contributed by atoms with Crippen LogP contribution in [0.4, 0.5) is 5.69 Å². The number of nitrogens with two attached hydrogens (primary N) is 1. The molecule has 0 radical (unpaired) electrons. The Morgan fingerprint density at radius 3 is 2.61 bits per heavy atom. The van der Waals surface area contributed by atoms with Gasteiger partial charge in [0, 0.05) is 25.9 Å². The van der Waals surface area contributed by atoms with Gasteiger partial charge >= 0.3 is 0 Å². The molecule has 2 N–H and O–H groups in total. The molecule has 0 spiro atoms. The monoisotopic (exact) mass is 249 g/mol. The number of benzene rings is 3. The van der Waals surface area contributed by atoms with Gasteiger partial charge in [0.2, 0.25) is 0 Å². The number of thiophene rings is 1. The van der Waals surface area contributed by atoms with Crippen LogP contribution in [0.3, 0.4) is 0 Å². The van der Waals surface area contributed by atoms with Crippen molar-refractivity contribution in [2.24, 2.45) is 0 Å². The van der Waals surface area contributed by atoms with Gasteiger partial charge in [-0.25, -0.2) is 0 Å². The van der Waals surface area contributed by atoms with Gasteiger partial charge in [-0.1, -0.05) is 42.5 Å². The zero-order chi connectivity index (χ0) is 12.1. The van der Waals surface area contributed by atoms with E-state index in [9.17, 15) is 0 Å². The van der Waals surface area contributed by atoms with E-state index in [0.717, 1.165) is 5.69 Å². The fourth-order valence-corrected chi connectivity index (χ4v) is 3.85. The molecule has 4 aromatic rings. The van der Waals surface area contributed by atoms with Gasteiger partial charge in [-0.3, -0.25) is 0 Å². The Labute approximate surface area is 108 Å². The topological polar surface area (TPSA) is 26.0 Å². The predicted molar refractivity (Wildman–Crippen MR) is 81.2 cm³/mol. The van der Waals surface area contributed by atoms with Gasteiger partial charge in [-0.2, -0.15) is 0 Å². The van der Waals surface area contributed by atoms with Gasteiger partial charge in [0.25, 0.3) is 0 Å². The molecule has 0 saturated carbocycles. The quantitative estimate of drug-likeness (QED) is 0.445. The van der Waals surface area contributed by atoms with Crippen molar-refractivity contribution in [1.29, 1.82) is 0 Å². The summed E-state index contributed by atoms with van der Waals surface area (Å²) in [4.78, 5) is 0. The lowest BCUT2D eigenvalue weighted by Crippen LogP contribution is -1.83. The Morgan fingerprint density at radius 2 is 1.67 bits per heavy atom. The highest BCUT2D eigenvalue weighted by Gasteiger charge is 2.09. The average Bonchev–Trinajstić information content (AvgIpc) is 2.79. The number of rotatable bonds is 0. The first-order chi connectivity index (χ1) is 8.84. The molecule has 0 saturated heterocycles. The number of anilines is 1. The lowest BCUT2D eigenvalue weighted by molar-refractivity contribution is 1.80. The van der Waals surface area contributed by atoms with Crippen molar-refractivity contribution in [3.8, 4) is 0 Å². The third kappa shape index (κ3) is 1.21. The van der Waals surface area contributed by atoms with Crippen LogP contribution in [0.15, 0.2) is 54.6 Å². The second-order valence-electron chi connectivity index (χ2n) is 4.49. The van der Waals surface area contributed by atoms with Gasteiger partial charge in [-0.05, 0) is 22.9 Å². The summed E-state index contributed by atoms with van der Waals surface area (Å²) in [6.07, 6.45) is 0. The van der Waals surface area contributed by atoms with Crippen molar-refractivity contribution in [3.05, 3.63) is 54.6 Å². The van der Waals surface area contributed by atoms with Crippen molar-refractivity contribution in [2.75, 3.05) is 5.73 Å². The SMILES string of the molecule is Nc1cccc2sc3c4ccccc4ccc3c12. The molecule has 86 valence electrons. The van der Waals surface area contributed by atoms with Crippen LogP contribution in [0.1, 0.15) is 0 Å². The Kier molecular flexibility index (Phi) is 1.91. The predicted octanol–water partition coefficient (Wildman–Crippen LogP) is 4.79. The maximum absolute atomic E-state index is 6.12. The summed E-state index contributed by atoms with van der Waals surface area (Å²) in [7, 11) is 0. The minimum absolute atomic E-state index is 0.869. The Hall–Kier alpha value is -2.06. The molecule has 1 aromatic heterocycles. The van der Waals surface area contributed by atoms with Crippen molar-refractivity contribution < 1.29 is 0 Å². The highest BCUT2D eigenvalue weighted by atomic mass is 32.1. The largest absolute Gasteiger partial charge is 0.398 e. The van der Waals surface area contributed by atoms with E-state index in [-0.39, 0.29) is 0 Å². The third-order valence-corrected chi connectivity index (χ3v) is 4.62. The zero-order valence-electron chi connectivity index (χ0n) is 9.68. The van der Waals surface area contributed by atoms with Gasteiger partial charge in [0.05, 0.1) is 0 Å². The van der Waals surface area contributed by atoms with Crippen LogP contribution in [-0.2, 0) is 0 Å². The molecule has 3 aromatic carbocycles. The van der Waals surface area contributed by atoms with Crippen molar-refractivity contribution >= 4 is 48.0 Å². The van der Waals surface area contributed by atoms with E-state index in [1.165, 1.54) is 30.9 Å². The number of hydrogen-bond donors (Lipinski definition) is 1. The summed E-state index contributed by atoms with van der Waals surface area (Å²) in [5.74, 6) is 0. The highest BCUT2D eigenvalue weighted by Crippen LogP contribution is 2.40. The van der Waals surface area contributed by atoms with Crippen LogP contribution in [-0.4, -0.2) is 0 Å². The van der Waals surface area contributed by atoms with E-state index in [1.54, 1.807) is 0 Å². The number of fused-ring (bicyclic) bond motifs is 5. The van der Waals surface area contributed by atoms with Gasteiger partial charge < -0.3 is 5.73 Å². The van der Waals surface area contributed by atoms with Crippen LogP contribution in [0.5, 0.6) is 0 Å². The van der Waals surface area contributed by atoms with Crippen LogP contribution >= 0.6 is 11.3 Å². The van der Waals surface area contributed by atoms with Crippen molar-refractivity contribution in [2.45, 2.75) is 0 Å². The van der Waals surface area contributed by atoms with Crippen molar-refractivity contribution in [1.82, 2.24) is 0 Å². The molecule has 0 aliphatic rings. The fraction of sp³-hybridized carbons (Fsp3) is 0. The first-order valence-electron chi connectivity index (χ1n) is 5.93. The van der Waals surface area contributed by atoms with E-state index in [0.29, 0.717) is 0 Å². The minimum Gasteiger partial charge on any atom is -0.398 e. The molecule has 0 atom stereocenters. The van der Waals surface area contributed by atoms with Crippen molar-refractivity contribution in [3.63, 3.8) is 0 Å². The molecule has 2 heteroatoms. The number of hydrogen-bond acceptors (Lipinski definition) is 2. The standard InChI is InChI=1S/C16H11NS/c17-13-6-3-7-14-15(13)12-9-8-10-4-1-2-5-11(10)16(12)18-14/h1-9H,17H2. The summed E-state index contributed by atoms with van der Waals surface area (Å²) in [5.41, 5.74) is 6.99. The molecule has 0 unspecified atom stereocenters. The summed E-state index contributed by atoms with van der Waals surface area (Å²) in [6.45, 7) is 0. The number of nitrogen functional groups attached to an aromatic ring is 1. The second-order valence-corrected chi connectivity index (χ2v) is 5.54. The molecule has 0 bridgehead atoms. The lowest BCUT2D eigenvalue weighted by atomic mass is 10.1. The molecule has 4 rings (SSSR count). The summed E-state index contributed by atoms with van der Waals surface area (Å²) in [5, 5.41) is 5.07. The normalized spacial score (nSPS) is 11.6. The third-order valence-electron chi connectivity index (χ3n) is 3.42. The fourth-order valence-electron chi connectivity index (χ4n) is 2.58. The molecular weight excluding hydrogens is 238 g/mol. The molecule has 0 aliphatic heterocycles. The summed E-state index contributed by atoms with van der Waals surface area (Å²) in [6, 6.07) is 19.0. The summed E-state index contributed by atoms with van der Waals surface area (Å²) >= 11 is 1.83. The van der Waals surface area contributed by atoms with E-state index >= 15 is 0 Å². The Balaban J connectivity index is 2.34. The smallest absolute Gasteiger partial charge is 0.0434 e. The van der Waals surface area contributed by atoms with Gasteiger partial charge in [0.1, 0.15) is 0 Å². The Bertz CT molecular complexity index is 889. The van der Waals surface area contributed by atoms with Crippen LogP contribution in [0.25, 0.3) is 30.9 Å². The van der Waals surface area contributed by atoms with Crippen LogP contribution in [0.2, 0.25) is 0 Å². The molecular formula is C16H11NS. The highest BCUT2D eigenvalue weighted by molar-refractivity contribution is 7.26. The second kappa shape index (κ2) is 3.47. The maximum Gasteiger partial charge on any atom is 0.0434 e. The van der Waals surface area contributed by atoms with Gasteiger partial charge in [0.15, 0.2) is 0 Å². The molecule has 18 heavy (non-hydrogen) atoms. The van der Waals surface area contributed by atoms with Crippen LogP contribution in [0, 0.1) is 0 Å². The molecule has 0 fully saturated rings. The molecule has 0 amide bonds. The van der Waals surface area contributed by atoms with Crippen LogP contribution < -0.4 is 5.73 Å². The first-order valence-corrected chi connectivity index (χ1v) is 6.75. The lowest BCUT2D eigenvalue weighted by Gasteiger charge is -1.99. The van der Waals surface area contributed by atoms with Gasteiger partial charge in [-0.15, -0.1) is 11.3 Å². The van der Waals surface area contributed by atoms with E-state index in [4.69, 9.17) is 5.73 Å². The Morgan fingerprint density at radius 1 is 0.778 bits per heavy atom. The first kappa shape index (κ1) is 9.92. The summed E-state index contributed by atoms with van der Waals surface area (Å²) < 4.78 is 2.60. The average molecular weight is 249 g/mol. The zero-order valence-corrected chi connectivity index (χ0v) is 10.5. The minimum atomic E-state index is 0.869. The molecule has 1 heterocycles. The molecule has 0 aliphatic carbocycles. The van der Waals surface area contributed by atoms with E-state index in [1.807, 2.05) is 23.5 Å². The molecule has 1 nitrogen and oxygen atoms in total. The van der Waals surface area contributed by atoms with E-state index in [2.05, 4.69) is 42.5 Å².